The van der Waals surface area contributed by atoms with Crippen LogP contribution in [0.15, 0.2) is 42.5 Å². The topological polar surface area (TPSA) is 89.3 Å². The number of anilines is 1. The van der Waals surface area contributed by atoms with Gasteiger partial charge in [0.25, 0.3) is 5.91 Å². The number of carbonyl (C=O) groups excluding carboxylic acids is 1. The highest BCUT2D eigenvalue weighted by Crippen LogP contribution is 2.28. The second kappa shape index (κ2) is 12.0. The molecule has 2 atom stereocenters. The van der Waals surface area contributed by atoms with Crippen molar-refractivity contribution < 1.29 is 9.53 Å². The van der Waals surface area contributed by atoms with E-state index in [1.807, 2.05) is 42.5 Å². The lowest BCUT2D eigenvalue weighted by Crippen LogP contribution is -2.39. The van der Waals surface area contributed by atoms with Gasteiger partial charge in [-0.1, -0.05) is 49.6 Å². The Bertz CT molecular complexity index is 828. The monoisotopic (exact) mass is 442 g/mol. The molecular formula is C24H34N4O2S. The Kier molecular flexibility index (Phi) is 9.03. The van der Waals surface area contributed by atoms with Gasteiger partial charge >= 0.3 is 0 Å². The molecule has 6 nitrogen and oxygen atoms in total. The smallest absolute Gasteiger partial charge is 0.260 e. The molecule has 0 bridgehead atoms. The van der Waals surface area contributed by atoms with Crippen molar-refractivity contribution in [2.75, 3.05) is 24.2 Å². The molecular weight excluding hydrogens is 408 g/mol. The Balaban J connectivity index is 1.70. The molecule has 3 rings (SSSR count). The summed E-state index contributed by atoms with van der Waals surface area (Å²) in [6, 6.07) is 13.7. The number of carbonyl (C=O) groups is 1. The zero-order valence-corrected chi connectivity index (χ0v) is 19.1. The second-order valence-electron chi connectivity index (χ2n) is 8.25. The molecule has 7 heteroatoms. The number of amides is 1. The van der Waals surface area contributed by atoms with Crippen LogP contribution in [0.2, 0.25) is 0 Å². The lowest BCUT2D eigenvalue weighted by Gasteiger charge is -2.23. The molecule has 1 heterocycles. The first-order chi connectivity index (χ1) is 15.1. The maximum absolute atomic E-state index is 12.7. The number of nitrogens with one attached hydrogen (secondary N) is 2. The first-order valence-electron chi connectivity index (χ1n) is 11.2. The Hall–Kier alpha value is -2.25. The molecule has 1 aliphatic carbocycles. The largest absolute Gasteiger partial charge is 0.463 e. The molecule has 1 aliphatic rings. The zero-order chi connectivity index (χ0) is 22.1. The van der Waals surface area contributed by atoms with Gasteiger partial charge in [0.05, 0.1) is 11.4 Å². The van der Waals surface area contributed by atoms with Crippen LogP contribution >= 0.6 is 12.6 Å². The Labute approximate surface area is 190 Å². The van der Waals surface area contributed by atoms with E-state index in [2.05, 4.69) is 23.3 Å². The predicted molar refractivity (Wildman–Crippen MR) is 130 cm³/mol. The quantitative estimate of drug-likeness (QED) is 0.419. The number of benzene rings is 1. The fraction of sp³-hybridized carbons (Fsp3) is 0.500. The average molecular weight is 443 g/mol. The van der Waals surface area contributed by atoms with Crippen LogP contribution in [0.4, 0.5) is 5.69 Å². The fourth-order valence-corrected chi connectivity index (χ4v) is 3.87. The second-order valence-corrected chi connectivity index (χ2v) is 8.61. The molecule has 1 fully saturated rings. The summed E-state index contributed by atoms with van der Waals surface area (Å²) in [5.74, 6) is 1.42. The molecule has 4 N–H and O–H groups in total. The van der Waals surface area contributed by atoms with E-state index in [4.69, 9.17) is 15.5 Å². The van der Waals surface area contributed by atoms with Gasteiger partial charge in [0.2, 0.25) is 5.88 Å². The third-order valence-corrected chi connectivity index (χ3v) is 6.14. The summed E-state index contributed by atoms with van der Waals surface area (Å²) >= 11 is 4.24. The molecule has 31 heavy (non-hydrogen) atoms. The summed E-state index contributed by atoms with van der Waals surface area (Å²) in [7, 11) is 0. The van der Waals surface area contributed by atoms with Gasteiger partial charge < -0.3 is 21.1 Å². The molecule has 0 aliphatic heterocycles. The number of hydrogen-bond acceptors (Lipinski definition) is 6. The van der Waals surface area contributed by atoms with Crippen LogP contribution in [0.5, 0.6) is 5.88 Å². The SMILES string of the molecule is CC(Oc1nc(-c2ccccc2)ccc1NCC(N)CS)C(=O)NCC1CCCCC1. The fourth-order valence-electron chi connectivity index (χ4n) is 3.74. The summed E-state index contributed by atoms with van der Waals surface area (Å²) < 4.78 is 6.03. The van der Waals surface area contributed by atoms with Crippen molar-refractivity contribution in [3.8, 4) is 17.1 Å². The van der Waals surface area contributed by atoms with Crippen LogP contribution in [-0.4, -0.2) is 41.9 Å². The summed E-state index contributed by atoms with van der Waals surface area (Å²) in [5, 5.41) is 6.33. The normalized spacial score (nSPS) is 16.4. The summed E-state index contributed by atoms with van der Waals surface area (Å²) in [6.45, 7) is 3.01. The highest BCUT2D eigenvalue weighted by atomic mass is 32.1. The van der Waals surface area contributed by atoms with Crippen LogP contribution < -0.4 is 21.1 Å². The highest BCUT2D eigenvalue weighted by Gasteiger charge is 2.20. The Morgan fingerprint density at radius 1 is 1.19 bits per heavy atom. The van der Waals surface area contributed by atoms with Crippen molar-refractivity contribution >= 4 is 24.2 Å². The average Bonchev–Trinajstić information content (AvgIpc) is 2.82. The third kappa shape index (κ3) is 7.14. The van der Waals surface area contributed by atoms with Crippen LogP contribution in [0, 0.1) is 5.92 Å². The number of hydrogen-bond donors (Lipinski definition) is 4. The van der Waals surface area contributed by atoms with Gasteiger partial charge in [-0.2, -0.15) is 12.6 Å². The van der Waals surface area contributed by atoms with Gasteiger partial charge in [0.1, 0.15) is 0 Å². The zero-order valence-electron chi connectivity index (χ0n) is 18.2. The van der Waals surface area contributed by atoms with Gasteiger partial charge in [-0.25, -0.2) is 4.98 Å². The minimum atomic E-state index is -0.652. The van der Waals surface area contributed by atoms with Crippen LogP contribution in [0.25, 0.3) is 11.3 Å². The maximum Gasteiger partial charge on any atom is 0.260 e. The van der Waals surface area contributed by atoms with Crippen molar-refractivity contribution in [1.82, 2.24) is 10.3 Å². The molecule has 0 radical (unpaired) electrons. The van der Waals surface area contributed by atoms with E-state index in [-0.39, 0.29) is 11.9 Å². The van der Waals surface area contributed by atoms with E-state index in [0.717, 1.165) is 11.3 Å². The number of nitrogens with zero attached hydrogens (tertiary/aromatic N) is 1. The molecule has 2 unspecified atom stereocenters. The van der Waals surface area contributed by atoms with Crippen molar-refractivity contribution in [3.63, 3.8) is 0 Å². The lowest BCUT2D eigenvalue weighted by atomic mass is 9.89. The standard InChI is InChI=1S/C24H34N4O2S/c1-17(23(29)27-14-18-8-4-2-5-9-18)30-24-22(26-15-20(25)16-31)13-12-21(28-24)19-10-6-3-7-11-19/h3,6-7,10-13,17-18,20,26,31H,2,4-5,8-9,14-16,25H2,1H3,(H,27,29). The van der Waals surface area contributed by atoms with Crippen molar-refractivity contribution in [1.29, 1.82) is 0 Å². The maximum atomic E-state index is 12.7. The van der Waals surface area contributed by atoms with Gasteiger partial charge in [-0.15, -0.1) is 0 Å². The number of nitrogens with two attached hydrogens (primary N) is 1. The van der Waals surface area contributed by atoms with E-state index in [1.54, 1.807) is 6.92 Å². The van der Waals surface area contributed by atoms with E-state index in [9.17, 15) is 4.79 Å². The van der Waals surface area contributed by atoms with Crippen LogP contribution in [-0.2, 0) is 4.79 Å². The van der Waals surface area contributed by atoms with E-state index < -0.39 is 6.10 Å². The summed E-state index contributed by atoms with van der Waals surface area (Å²) in [5.41, 5.74) is 8.47. The Morgan fingerprint density at radius 3 is 2.65 bits per heavy atom. The number of pyridine rings is 1. The van der Waals surface area contributed by atoms with Crippen molar-refractivity contribution in [2.45, 2.75) is 51.2 Å². The molecule has 1 aromatic carbocycles. The molecule has 168 valence electrons. The summed E-state index contributed by atoms with van der Waals surface area (Å²) in [4.78, 5) is 17.3. The summed E-state index contributed by atoms with van der Waals surface area (Å²) in [6.07, 6.45) is 5.55. The van der Waals surface area contributed by atoms with Crippen LogP contribution in [0.3, 0.4) is 0 Å². The number of aromatic nitrogens is 1. The van der Waals surface area contributed by atoms with Gasteiger partial charge in [0.15, 0.2) is 6.10 Å². The predicted octanol–water partition coefficient (Wildman–Crippen LogP) is 3.88. The first kappa shape index (κ1) is 23.4. The first-order valence-corrected chi connectivity index (χ1v) is 11.8. The number of thiol groups is 1. The van der Waals surface area contributed by atoms with Crippen LogP contribution in [0.1, 0.15) is 39.0 Å². The van der Waals surface area contributed by atoms with Gasteiger partial charge in [-0.05, 0) is 37.8 Å². The van der Waals surface area contributed by atoms with E-state index in [0.29, 0.717) is 36.3 Å². The van der Waals surface area contributed by atoms with E-state index in [1.165, 1.54) is 32.1 Å². The number of ether oxygens (including phenoxy) is 1. The third-order valence-electron chi connectivity index (χ3n) is 5.67. The molecule has 2 aromatic rings. The molecule has 1 aromatic heterocycles. The molecule has 1 saturated carbocycles. The number of rotatable bonds is 10. The molecule has 1 amide bonds. The highest BCUT2D eigenvalue weighted by molar-refractivity contribution is 7.80. The molecule has 0 saturated heterocycles. The van der Waals surface area contributed by atoms with E-state index >= 15 is 0 Å². The van der Waals surface area contributed by atoms with Gasteiger partial charge in [-0.3, -0.25) is 4.79 Å². The lowest BCUT2D eigenvalue weighted by molar-refractivity contribution is -0.127. The van der Waals surface area contributed by atoms with Crippen molar-refractivity contribution in [2.24, 2.45) is 11.7 Å². The van der Waals surface area contributed by atoms with Gasteiger partial charge in [0, 0.05) is 30.4 Å². The minimum absolute atomic E-state index is 0.0961. The van der Waals surface area contributed by atoms with Crippen molar-refractivity contribution in [3.05, 3.63) is 42.5 Å². The Morgan fingerprint density at radius 2 is 1.94 bits per heavy atom. The minimum Gasteiger partial charge on any atom is -0.463 e. The molecule has 0 spiro atoms.